The van der Waals surface area contributed by atoms with E-state index in [9.17, 15) is 4.79 Å². The second-order valence-electron chi connectivity index (χ2n) is 6.31. The van der Waals surface area contributed by atoms with Crippen molar-refractivity contribution in [2.45, 2.75) is 13.3 Å². The topological polar surface area (TPSA) is 58.1 Å². The van der Waals surface area contributed by atoms with Crippen LogP contribution in [0, 0.1) is 6.92 Å². The first kappa shape index (κ1) is 17.8. The van der Waals surface area contributed by atoms with Crippen LogP contribution in [-0.2, 0) is 6.42 Å². The molecule has 0 aliphatic carbocycles. The van der Waals surface area contributed by atoms with Crippen LogP contribution in [0.1, 0.15) is 21.7 Å². The van der Waals surface area contributed by atoms with Crippen LogP contribution >= 0.6 is 23.2 Å². The third-order valence-corrected chi connectivity index (χ3v) is 5.12. The molecule has 1 aromatic heterocycles. The standard InChI is InChI=1S/C20H16Cl2N4O/c1-12-10-17(19(27)24-14-6-7-15(21)16(22)11-14)25-20(23-12)26-9-8-13-4-2-3-5-18(13)26/h2-7,10-11H,8-9H2,1H3,(H,24,27). The van der Waals surface area contributed by atoms with Gasteiger partial charge in [-0.15, -0.1) is 0 Å². The van der Waals surface area contributed by atoms with Crippen molar-refractivity contribution in [2.24, 2.45) is 0 Å². The summed E-state index contributed by atoms with van der Waals surface area (Å²) in [6, 6.07) is 14.8. The third kappa shape index (κ3) is 3.61. The number of amides is 1. The zero-order chi connectivity index (χ0) is 19.0. The van der Waals surface area contributed by atoms with Crippen molar-refractivity contribution >= 4 is 46.4 Å². The Morgan fingerprint density at radius 1 is 1.07 bits per heavy atom. The summed E-state index contributed by atoms with van der Waals surface area (Å²) in [5.41, 5.74) is 3.92. The minimum atomic E-state index is -0.326. The van der Waals surface area contributed by atoms with Crippen LogP contribution in [0.15, 0.2) is 48.5 Å². The van der Waals surface area contributed by atoms with Crippen LogP contribution in [0.2, 0.25) is 10.0 Å². The number of halogens is 2. The Bertz CT molecular complexity index is 1040. The Morgan fingerprint density at radius 3 is 2.70 bits per heavy atom. The molecule has 0 spiro atoms. The van der Waals surface area contributed by atoms with E-state index < -0.39 is 0 Å². The highest BCUT2D eigenvalue weighted by atomic mass is 35.5. The number of carbonyl (C=O) groups excluding carboxylic acids is 1. The molecule has 0 saturated heterocycles. The first-order valence-corrected chi connectivity index (χ1v) is 9.24. The van der Waals surface area contributed by atoms with Gasteiger partial charge in [-0.2, -0.15) is 0 Å². The van der Waals surface area contributed by atoms with Gasteiger partial charge in [-0.3, -0.25) is 4.79 Å². The van der Waals surface area contributed by atoms with E-state index in [1.165, 1.54) is 5.56 Å². The average molecular weight is 399 g/mol. The molecule has 0 fully saturated rings. The number of fused-ring (bicyclic) bond motifs is 1. The molecule has 2 heterocycles. The number of carbonyl (C=O) groups is 1. The fourth-order valence-electron chi connectivity index (χ4n) is 3.10. The van der Waals surface area contributed by atoms with Crippen molar-refractivity contribution in [3.05, 3.63) is 75.5 Å². The molecular weight excluding hydrogens is 383 g/mol. The predicted molar refractivity (Wildman–Crippen MR) is 108 cm³/mol. The molecule has 0 atom stereocenters. The predicted octanol–water partition coefficient (Wildman–Crippen LogP) is 5.04. The monoisotopic (exact) mass is 398 g/mol. The number of nitrogens with one attached hydrogen (secondary N) is 1. The maximum Gasteiger partial charge on any atom is 0.274 e. The molecule has 0 radical (unpaired) electrons. The number of hydrogen-bond donors (Lipinski definition) is 1. The van der Waals surface area contributed by atoms with E-state index in [-0.39, 0.29) is 5.91 Å². The summed E-state index contributed by atoms with van der Waals surface area (Å²) in [6.07, 6.45) is 0.929. The highest BCUT2D eigenvalue weighted by Gasteiger charge is 2.23. The van der Waals surface area contributed by atoms with Crippen LogP contribution in [-0.4, -0.2) is 22.4 Å². The van der Waals surface area contributed by atoms with Gasteiger partial charge in [0.2, 0.25) is 5.95 Å². The van der Waals surface area contributed by atoms with Crippen molar-refractivity contribution in [2.75, 3.05) is 16.8 Å². The minimum absolute atomic E-state index is 0.299. The Kier molecular flexibility index (Phi) is 4.72. The zero-order valence-electron chi connectivity index (χ0n) is 14.5. The van der Waals surface area contributed by atoms with Crippen molar-refractivity contribution in [3.63, 3.8) is 0 Å². The van der Waals surface area contributed by atoms with Gasteiger partial charge in [0, 0.05) is 23.6 Å². The van der Waals surface area contributed by atoms with E-state index in [0.29, 0.717) is 27.4 Å². The second kappa shape index (κ2) is 7.18. The van der Waals surface area contributed by atoms with Gasteiger partial charge in [-0.05, 0) is 49.2 Å². The molecule has 1 aliphatic rings. The SMILES string of the molecule is Cc1cc(C(=O)Nc2ccc(Cl)c(Cl)c2)nc(N2CCc3ccccc32)n1. The van der Waals surface area contributed by atoms with Gasteiger partial charge in [0.1, 0.15) is 5.69 Å². The molecule has 4 rings (SSSR count). The smallest absolute Gasteiger partial charge is 0.274 e. The van der Waals surface area contributed by atoms with Gasteiger partial charge in [-0.1, -0.05) is 41.4 Å². The van der Waals surface area contributed by atoms with Crippen molar-refractivity contribution in [1.82, 2.24) is 9.97 Å². The number of nitrogens with zero attached hydrogens (tertiary/aromatic N) is 3. The lowest BCUT2D eigenvalue weighted by Crippen LogP contribution is -2.20. The Balaban J connectivity index is 1.63. The van der Waals surface area contributed by atoms with Gasteiger partial charge in [0.15, 0.2) is 0 Å². The molecule has 136 valence electrons. The number of aromatic nitrogens is 2. The second-order valence-corrected chi connectivity index (χ2v) is 7.12. The van der Waals surface area contributed by atoms with Gasteiger partial charge in [0.25, 0.3) is 5.91 Å². The third-order valence-electron chi connectivity index (χ3n) is 4.38. The van der Waals surface area contributed by atoms with Crippen LogP contribution in [0.5, 0.6) is 0 Å². The summed E-state index contributed by atoms with van der Waals surface area (Å²) >= 11 is 11.9. The van der Waals surface area contributed by atoms with E-state index in [4.69, 9.17) is 23.2 Å². The van der Waals surface area contributed by atoms with Crippen molar-refractivity contribution < 1.29 is 4.79 Å². The molecule has 1 N–H and O–H groups in total. The van der Waals surface area contributed by atoms with Gasteiger partial charge >= 0.3 is 0 Å². The van der Waals surface area contributed by atoms with E-state index in [1.54, 1.807) is 24.3 Å². The molecule has 3 aromatic rings. The summed E-state index contributed by atoms with van der Waals surface area (Å²) < 4.78 is 0. The number of benzene rings is 2. The molecule has 7 heteroatoms. The van der Waals surface area contributed by atoms with Crippen LogP contribution in [0.3, 0.4) is 0 Å². The molecule has 0 saturated carbocycles. The number of anilines is 3. The molecule has 0 unspecified atom stereocenters. The van der Waals surface area contributed by atoms with Gasteiger partial charge in [0.05, 0.1) is 10.0 Å². The van der Waals surface area contributed by atoms with E-state index in [2.05, 4.69) is 21.4 Å². The lowest BCUT2D eigenvalue weighted by molar-refractivity contribution is 0.102. The molecule has 1 aliphatic heterocycles. The fourth-order valence-corrected chi connectivity index (χ4v) is 3.40. The molecule has 0 bridgehead atoms. The molecular formula is C20H16Cl2N4O. The summed E-state index contributed by atoms with van der Waals surface area (Å²) in [4.78, 5) is 23.7. The average Bonchev–Trinajstić information content (AvgIpc) is 3.08. The van der Waals surface area contributed by atoms with E-state index in [0.717, 1.165) is 24.3 Å². The van der Waals surface area contributed by atoms with Gasteiger partial charge < -0.3 is 10.2 Å². The Labute approximate surface area is 167 Å². The molecule has 1 amide bonds. The maximum absolute atomic E-state index is 12.7. The minimum Gasteiger partial charge on any atom is -0.321 e. The number of aryl methyl sites for hydroxylation is 1. The van der Waals surface area contributed by atoms with E-state index in [1.807, 2.05) is 30.0 Å². The molecule has 2 aromatic carbocycles. The van der Waals surface area contributed by atoms with E-state index >= 15 is 0 Å². The lowest BCUT2D eigenvalue weighted by Gasteiger charge is -2.18. The quantitative estimate of drug-likeness (QED) is 0.671. The van der Waals surface area contributed by atoms with Crippen molar-refractivity contribution in [3.8, 4) is 0 Å². The summed E-state index contributed by atoms with van der Waals surface area (Å²) in [5.74, 6) is 0.201. The first-order chi connectivity index (χ1) is 13.0. The van der Waals surface area contributed by atoms with Crippen molar-refractivity contribution in [1.29, 1.82) is 0 Å². The normalized spacial score (nSPS) is 12.8. The van der Waals surface area contributed by atoms with Gasteiger partial charge in [-0.25, -0.2) is 9.97 Å². The van der Waals surface area contributed by atoms with Crippen LogP contribution in [0.25, 0.3) is 0 Å². The maximum atomic E-state index is 12.7. The Hall–Kier alpha value is -2.63. The number of para-hydroxylation sites is 1. The van der Waals surface area contributed by atoms with Crippen LogP contribution < -0.4 is 10.2 Å². The highest BCUT2D eigenvalue weighted by molar-refractivity contribution is 6.42. The first-order valence-electron chi connectivity index (χ1n) is 8.49. The molecule has 27 heavy (non-hydrogen) atoms. The Morgan fingerprint density at radius 2 is 1.89 bits per heavy atom. The zero-order valence-corrected chi connectivity index (χ0v) is 16.1. The summed E-state index contributed by atoms with van der Waals surface area (Å²) in [7, 11) is 0. The summed E-state index contributed by atoms with van der Waals surface area (Å²) in [5, 5.41) is 3.61. The number of rotatable bonds is 3. The number of hydrogen-bond acceptors (Lipinski definition) is 4. The molecule has 5 nitrogen and oxygen atoms in total. The van der Waals surface area contributed by atoms with Crippen LogP contribution in [0.4, 0.5) is 17.3 Å². The summed E-state index contributed by atoms with van der Waals surface area (Å²) in [6.45, 7) is 2.64. The fraction of sp³-hybridized carbons (Fsp3) is 0.150. The highest BCUT2D eigenvalue weighted by Crippen LogP contribution is 2.32. The largest absolute Gasteiger partial charge is 0.321 e. The lowest BCUT2D eigenvalue weighted by atomic mass is 10.2.